The van der Waals surface area contributed by atoms with Gasteiger partial charge < -0.3 is 14.6 Å². The van der Waals surface area contributed by atoms with Gasteiger partial charge in [0.2, 0.25) is 10.7 Å². The lowest BCUT2D eigenvalue weighted by atomic mass is 9.89. The minimum absolute atomic E-state index is 0.0219. The van der Waals surface area contributed by atoms with Gasteiger partial charge in [0.15, 0.2) is 12.2 Å². The summed E-state index contributed by atoms with van der Waals surface area (Å²) in [6, 6.07) is 12.0. The van der Waals surface area contributed by atoms with Crippen LogP contribution >= 0.6 is 12.2 Å². The molecular formula is C18H17F3N4OS. The largest absolute Gasteiger partial charge is 0.467 e. The molecule has 1 saturated heterocycles. The predicted octanol–water partition coefficient (Wildman–Crippen LogP) is 4.34. The van der Waals surface area contributed by atoms with Gasteiger partial charge in [-0.05, 0) is 36.5 Å². The second-order valence-corrected chi connectivity index (χ2v) is 6.65. The van der Waals surface area contributed by atoms with E-state index in [1.165, 1.54) is 5.56 Å². The van der Waals surface area contributed by atoms with Gasteiger partial charge in [-0.15, -0.1) is 0 Å². The first-order valence-corrected chi connectivity index (χ1v) is 8.82. The zero-order valence-electron chi connectivity index (χ0n) is 14.3. The molecular weight excluding hydrogens is 377 g/mol. The van der Waals surface area contributed by atoms with E-state index < -0.39 is 18.7 Å². The number of halogens is 3. The molecule has 0 aliphatic carbocycles. The van der Waals surface area contributed by atoms with E-state index in [9.17, 15) is 18.4 Å². The molecule has 2 heterocycles. The Morgan fingerprint density at radius 2 is 1.93 bits per heavy atom. The molecule has 1 aromatic heterocycles. The zero-order chi connectivity index (χ0) is 19.4. The van der Waals surface area contributed by atoms with Crippen LogP contribution in [0.15, 0.2) is 30.3 Å². The number of anilines is 1. The summed E-state index contributed by atoms with van der Waals surface area (Å²) in [5, 5.41) is 9.45. The lowest BCUT2D eigenvalue weighted by Gasteiger charge is -2.34. The molecule has 27 heavy (non-hydrogen) atoms. The van der Waals surface area contributed by atoms with Crippen molar-refractivity contribution in [3.8, 4) is 11.9 Å². The van der Waals surface area contributed by atoms with Gasteiger partial charge in [0.1, 0.15) is 11.9 Å². The van der Waals surface area contributed by atoms with Crippen LogP contribution in [0.4, 0.5) is 19.0 Å². The Balaban J connectivity index is 1.80. The van der Waals surface area contributed by atoms with E-state index in [0.717, 1.165) is 12.8 Å². The molecule has 1 N–H and O–H groups in total. The molecule has 0 spiro atoms. The number of nitrogens with zero attached hydrogens (tertiary/aromatic N) is 3. The number of nitrogens with one attached hydrogen (secondary N) is 1. The van der Waals surface area contributed by atoms with E-state index in [1.54, 1.807) is 0 Å². The maximum absolute atomic E-state index is 12.5. The maximum Gasteiger partial charge on any atom is 0.422 e. The summed E-state index contributed by atoms with van der Waals surface area (Å²) < 4.78 is 42.1. The van der Waals surface area contributed by atoms with Crippen LogP contribution in [0.3, 0.4) is 0 Å². The van der Waals surface area contributed by atoms with Crippen molar-refractivity contribution in [1.29, 1.82) is 5.26 Å². The fraction of sp³-hybridized carbons (Fsp3) is 0.389. The first-order valence-electron chi connectivity index (χ1n) is 8.41. The lowest BCUT2D eigenvalue weighted by Crippen LogP contribution is -2.34. The van der Waals surface area contributed by atoms with E-state index in [2.05, 4.69) is 22.1 Å². The molecule has 0 atom stereocenters. The molecule has 142 valence electrons. The van der Waals surface area contributed by atoms with E-state index >= 15 is 0 Å². The second kappa shape index (κ2) is 7.96. The SMILES string of the molecule is N#Cc1c(OCC(F)(F)F)nc(=S)[nH]c1N1CCC(c2ccccc2)CC1. The number of nitriles is 1. The molecule has 1 fully saturated rings. The Morgan fingerprint density at radius 3 is 2.52 bits per heavy atom. The molecule has 0 bridgehead atoms. The number of ether oxygens (including phenoxy) is 1. The molecule has 0 unspecified atom stereocenters. The normalized spacial score (nSPS) is 15.4. The van der Waals surface area contributed by atoms with Crippen molar-refractivity contribution in [2.24, 2.45) is 0 Å². The predicted molar refractivity (Wildman–Crippen MR) is 96.3 cm³/mol. The topological polar surface area (TPSA) is 64.9 Å². The molecule has 2 aromatic rings. The van der Waals surface area contributed by atoms with Crippen molar-refractivity contribution in [1.82, 2.24) is 9.97 Å². The smallest absolute Gasteiger partial charge is 0.422 e. The number of hydrogen-bond acceptors (Lipinski definition) is 5. The van der Waals surface area contributed by atoms with Gasteiger partial charge in [0.25, 0.3) is 0 Å². The Morgan fingerprint density at radius 1 is 1.26 bits per heavy atom. The summed E-state index contributed by atoms with van der Waals surface area (Å²) in [7, 11) is 0. The van der Waals surface area contributed by atoms with Gasteiger partial charge in [0, 0.05) is 13.1 Å². The highest BCUT2D eigenvalue weighted by molar-refractivity contribution is 7.71. The van der Waals surface area contributed by atoms with Crippen molar-refractivity contribution >= 4 is 18.0 Å². The van der Waals surface area contributed by atoms with Crippen LogP contribution < -0.4 is 9.64 Å². The van der Waals surface area contributed by atoms with Crippen LogP contribution in [0, 0.1) is 16.1 Å². The van der Waals surface area contributed by atoms with Crippen molar-refractivity contribution < 1.29 is 17.9 Å². The van der Waals surface area contributed by atoms with E-state index in [0.29, 0.717) is 24.8 Å². The Labute approximate surface area is 159 Å². The number of aromatic nitrogens is 2. The minimum atomic E-state index is -4.52. The number of rotatable bonds is 4. The first-order chi connectivity index (χ1) is 12.9. The third-order valence-electron chi connectivity index (χ3n) is 4.45. The van der Waals surface area contributed by atoms with E-state index in [-0.39, 0.29) is 10.3 Å². The van der Waals surface area contributed by atoms with Crippen LogP contribution in [-0.4, -0.2) is 35.8 Å². The van der Waals surface area contributed by atoms with Gasteiger partial charge in [-0.3, -0.25) is 0 Å². The molecule has 1 aliphatic heterocycles. The van der Waals surface area contributed by atoms with Crippen LogP contribution in [-0.2, 0) is 0 Å². The molecule has 9 heteroatoms. The minimum Gasteiger partial charge on any atom is -0.467 e. The highest BCUT2D eigenvalue weighted by atomic mass is 32.1. The number of hydrogen-bond donors (Lipinski definition) is 1. The lowest BCUT2D eigenvalue weighted by molar-refractivity contribution is -0.154. The highest BCUT2D eigenvalue weighted by Gasteiger charge is 2.30. The van der Waals surface area contributed by atoms with E-state index in [1.807, 2.05) is 29.2 Å². The van der Waals surface area contributed by atoms with Gasteiger partial charge >= 0.3 is 6.18 Å². The number of piperidine rings is 1. The monoisotopic (exact) mass is 394 g/mol. The molecule has 3 rings (SSSR count). The third-order valence-corrected chi connectivity index (χ3v) is 4.64. The molecule has 1 aromatic carbocycles. The van der Waals surface area contributed by atoms with E-state index in [4.69, 9.17) is 17.0 Å². The number of alkyl halides is 3. The van der Waals surface area contributed by atoms with Crippen molar-refractivity contribution in [2.45, 2.75) is 24.9 Å². The van der Waals surface area contributed by atoms with Crippen LogP contribution in [0.2, 0.25) is 0 Å². The third kappa shape index (κ3) is 4.77. The Bertz CT molecular complexity index is 884. The fourth-order valence-corrected chi connectivity index (χ4v) is 3.37. The summed E-state index contributed by atoms with van der Waals surface area (Å²) in [4.78, 5) is 8.50. The summed E-state index contributed by atoms with van der Waals surface area (Å²) in [5.41, 5.74) is 1.19. The molecule has 0 saturated carbocycles. The zero-order valence-corrected chi connectivity index (χ0v) is 15.1. The second-order valence-electron chi connectivity index (χ2n) is 6.26. The molecule has 0 amide bonds. The summed E-state index contributed by atoms with van der Waals surface area (Å²) in [5.74, 6) is 0.374. The number of H-pyrrole nitrogens is 1. The van der Waals surface area contributed by atoms with Crippen molar-refractivity contribution in [3.05, 3.63) is 46.2 Å². The number of benzene rings is 1. The van der Waals surface area contributed by atoms with Gasteiger partial charge in [-0.1, -0.05) is 30.3 Å². The van der Waals surface area contributed by atoms with Gasteiger partial charge in [0.05, 0.1) is 0 Å². The fourth-order valence-electron chi connectivity index (χ4n) is 3.20. The standard InChI is InChI=1S/C18H17F3N4OS/c19-18(20,21)11-26-16-14(10-22)15(23-17(27)24-16)25-8-6-13(7-9-25)12-4-2-1-3-5-12/h1-5,13H,6-9,11H2,(H,23,24,27). The van der Waals surface area contributed by atoms with Crippen molar-refractivity contribution in [3.63, 3.8) is 0 Å². The average Bonchev–Trinajstić information content (AvgIpc) is 2.66. The van der Waals surface area contributed by atoms with Crippen LogP contribution in [0.1, 0.15) is 29.9 Å². The molecule has 5 nitrogen and oxygen atoms in total. The summed E-state index contributed by atoms with van der Waals surface area (Å²) >= 11 is 5.01. The molecule has 0 radical (unpaired) electrons. The quantitative estimate of drug-likeness (QED) is 0.782. The van der Waals surface area contributed by atoms with Crippen LogP contribution in [0.5, 0.6) is 5.88 Å². The number of aromatic amines is 1. The first kappa shape index (κ1) is 19.2. The van der Waals surface area contributed by atoms with Gasteiger partial charge in [-0.2, -0.15) is 23.4 Å². The molecule has 1 aliphatic rings. The summed E-state index contributed by atoms with van der Waals surface area (Å²) in [6.07, 6.45) is -2.81. The highest BCUT2D eigenvalue weighted by Crippen LogP contribution is 2.33. The van der Waals surface area contributed by atoms with Crippen molar-refractivity contribution in [2.75, 3.05) is 24.6 Å². The average molecular weight is 394 g/mol. The van der Waals surface area contributed by atoms with Gasteiger partial charge in [-0.25, -0.2) is 0 Å². The Kier molecular flexibility index (Phi) is 5.65. The van der Waals surface area contributed by atoms with Crippen LogP contribution in [0.25, 0.3) is 0 Å². The Hall–Kier alpha value is -2.60. The maximum atomic E-state index is 12.5. The summed E-state index contributed by atoms with van der Waals surface area (Å²) in [6.45, 7) is -0.243.